The molecule has 0 bridgehead atoms. The number of rotatable bonds is 13. The summed E-state index contributed by atoms with van der Waals surface area (Å²) in [6.45, 7) is 2.40. The molecule has 8 nitrogen and oxygen atoms in total. The average Bonchev–Trinajstić information content (AvgIpc) is 2.89. The van der Waals surface area contributed by atoms with E-state index in [0.717, 1.165) is 41.1 Å². The highest BCUT2D eigenvalue weighted by atomic mass is 19.1. The molecule has 2 aromatic carbocycles. The Morgan fingerprint density at radius 1 is 0.972 bits per heavy atom. The zero-order valence-corrected chi connectivity index (χ0v) is 19.7. The first-order chi connectivity index (χ1) is 17.5. The second-order valence-electron chi connectivity index (χ2n) is 8.35. The number of unbranched alkanes of at least 4 members (excludes halogenated alkanes) is 1. The van der Waals surface area contributed by atoms with Crippen molar-refractivity contribution < 1.29 is 28.9 Å². The van der Waals surface area contributed by atoms with Gasteiger partial charge in [-0.2, -0.15) is 0 Å². The van der Waals surface area contributed by atoms with E-state index in [0.29, 0.717) is 43.3 Å². The van der Waals surface area contributed by atoms with Crippen molar-refractivity contribution in [2.24, 2.45) is 0 Å². The minimum Gasteiger partial charge on any atom is -0.478 e. The highest BCUT2D eigenvalue weighted by Gasteiger charge is 2.12. The summed E-state index contributed by atoms with van der Waals surface area (Å²) in [7, 11) is 0. The van der Waals surface area contributed by atoms with E-state index < -0.39 is 5.97 Å². The summed E-state index contributed by atoms with van der Waals surface area (Å²) in [6, 6.07) is 11.2. The number of nitrogens with one attached hydrogen (secondary N) is 1. The molecule has 188 valence electrons. The van der Waals surface area contributed by atoms with Crippen LogP contribution in [-0.2, 0) is 17.9 Å². The molecule has 4 aromatic rings. The summed E-state index contributed by atoms with van der Waals surface area (Å²) in [5.74, 6) is -0.944. The van der Waals surface area contributed by atoms with E-state index in [1.165, 1.54) is 18.2 Å². The normalized spacial score (nSPS) is 11.3. The van der Waals surface area contributed by atoms with Gasteiger partial charge in [-0.1, -0.05) is 12.1 Å². The molecule has 0 saturated carbocycles. The molecule has 2 heterocycles. The summed E-state index contributed by atoms with van der Waals surface area (Å²) in [6.07, 6.45) is 5.15. The van der Waals surface area contributed by atoms with Crippen molar-refractivity contribution in [2.45, 2.75) is 26.0 Å². The molecule has 0 aliphatic heterocycles. The Morgan fingerprint density at radius 3 is 2.67 bits per heavy atom. The molecule has 0 saturated heterocycles. The number of ether oxygens (including phenoxy) is 2. The number of hydrogen-bond acceptors (Lipinski definition) is 7. The summed E-state index contributed by atoms with van der Waals surface area (Å²) >= 11 is 0. The smallest absolute Gasteiger partial charge is 0.335 e. The molecule has 4 rings (SSSR count). The van der Waals surface area contributed by atoms with Crippen LogP contribution in [0.1, 0.15) is 34.3 Å². The van der Waals surface area contributed by atoms with Gasteiger partial charge in [-0.25, -0.2) is 14.2 Å². The minimum atomic E-state index is -1.01. The number of carboxylic acids is 1. The van der Waals surface area contributed by atoms with Gasteiger partial charge in [0.2, 0.25) is 5.88 Å². The van der Waals surface area contributed by atoms with Gasteiger partial charge in [0.1, 0.15) is 12.4 Å². The van der Waals surface area contributed by atoms with Crippen molar-refractivity contribution in [3.8, 4) is 5.88 Å². The molecule has 2 aromatic heterocycles. The van der Waals surface area contributed by atoms with Gasteiger partial charge in [-0.15, -0.1) is 0 Å². The maximum absolute atomic E-state index is 13.5. The van der Waals surface area contributed by atoms with Gasteiger partial charge in [0.25, 0.3) is 0 Å². The Balaban J connectivity index is 1.20. The van der Waals surface area contributed by atoms with Crippen LogP contribution in [0.5, 0.6) is 5.88 Å². The maximum Gasteiger partial charge on any atom is 0.335 e. The number of aromatic nitrogens is 2. The summed E-state index contributed by atoms with van der Waals surface area (Å²) in [5, 5.41) is 24.2. The van der Waals surface area contributed by atoms with Crippen LogP contribution in [0, 0.1) is 5.82 Å². The monoisotopic (exact) mass is 493 g/mol. The molecule has 0 radical (unpaired) electrons. The number of nitrogens with zero attached hydrogens (tertiary/aromatic N) is 2. The number of aliphatic hydroxyl groups excluding tert-OH is 1. The van der Waals surface area contributed by atoms with Gasteiger partial charge >= 0.3 is 5.97 Å². The number of halogens is 1. The van der Waals surface area contributed by atoms with E-state index in [-0.39, 0.29) is 18.0 Å². The van der Waals surface area contributed by atoms with Gasteiger partial charge in [0, 0.05) is 41.7 Å². The minimum absolute atomic E-state index is 0.160. The number of aliphatic hydroxyl groups is 1. The van der Waals surface area contributed by atoms with Crippen molar-refractivity contribution in [2.75, 3.05) is 26.4 Å². The van der Waals surface area contributed by atoms with E-state index in [4.69, 9.17) is 14.6 Å². The molecule has 0 unspecified atom stereocenters. The fourth-order valence-electron chi connectivity index (χ4n) is 3.96. The van der Waals surface area contributed by atoms with Crippen LogP contribution < -0.4 is 10.1 Å². The van der Waals surface area contributed by atoms with Crippen LogP contribution in [0.4, 0.5) is 4.39 Å². The van der Waals surface area contributed by atoms with Gasteiger partial charge in [-0.05, 0) is 60.8 Å². The van der Waals surface area contributed by atoms with E-state index in [1.807, 2.05) is 6.07 Å². The van der Waals surface area contributed by atoms with E-state index in [2.05, 4.69) is 15.3 Å². The highest BCUT2D eigenvalue weighted by Crippen LogP contribution is 2.30. The molecular formula is C27H28FN3O5. The Kier molecular flexibility index (Phi) is 8.72. The predicted octanol–water partition coefficient (Wildman–Crippen LogP) is 4.08. The SMILES string of the molecule is O=C(O)c1ccc2c(c1)nc(OCCOCCCCNCc1cc(F)cc(CO)c1)c1ccncc12. The average molecular weight is 494 g/mol. The summed E-state index contributed by atoms with van der Waals surface area (Å²) < 4.78 is 25.0. The lowest BCUT2D eigenvalue weighted by atomic mass is 10.1. The zero-order valence-electron chi connectivity index (χ0n) is 19.7. The van der Waals surface area contributed by atoms with Crippen molar-refractivity contribution in [1.29, 1.82) is 0 Å². The van der Waals surface area contributed by atoms with Gasteiger partial charge < -0.3 is 25.0 Å². The summed E-state index contributed by atoms with van der Waals surface area (Å²) in [4.78, 5) is 20.1. The molecular weight excluding hydrogens is 465 g/mol. The Morgan fingerprint density at radius 2 is 1.83 bits per heavy atom. The third kappa shape index (κ3) is 6.51. The fourth-order valence-corrected chi connectivity index (χ4v) is 3.96. The highest BCUT2D eigenvalue weighted by molar-refractivity contribution is 6.08. The Hall–Kier alpha value is -3.66. The molecule has 3 N–H and O–H groups in total. The number of carboxylic acid groups (broad SMARTS) is 1. The van der Waals surface area contributed by atoms with Crippen LogP contribution in [0.25, 0.3) is 21.7 Å². The molecule has 36 heavy (non-hydrogen) atoms. The number of aromatic carboxylic acids is 1. The molecule has 0 atom stereocenters. The second-order valence-corrected chi connectivity index (χ2v) is 8.35. The van der Waals surface area contributed by atoms with E-state index in [1.54, 1.807) is 30.6 Å². The van der Waals surface area contributed by atoms with Crippen LogP contribution >= 0.6 is 0 Å². The molecule has 0 aliphatic carbocycles. The number of fused-ring (bicyclic) bond motifs is 3. The van der Waals surface area contributed by atoms with Crippen molar-refractivity contribution in [3.05, 3.63) is 77.4 Å². The third-order valence-electron chi connectivity index (χ3n) is 5.70. The molecule has 0 spiro atoms. The van der Waals surface area contributed by atoms with Gasteiger partial charge in [-0.3, -0.25) is 4.98 Å². The lowest BCUT2D eigenvalue weighted by molar-refractivity contribution is 0.0697. The zero-order chi connectivity index (χ0) is 25.3. The Bertz CT molecular complexity index is 1350. The van der Waals surface area contributed by atoms with E-state index >= 15 is 0 Å². The first-order valence-electron chi connectivity index (χ1n) is 11.8. The van der Waals surface area contributed by atoms with Crippen LogP contribution in [0.15, 0.2) is 54.9 Å². The molecule has 0 amide bonds. The largest absolute Gasteiger partial charge is 0.478 e. The Labute approximate surface area is 207 Å². The van der Waals surface area contributed by atoms with Crippen LogP contribution in [-0.4, -0.2) is 52.5 Å². The lowest BCUT2D eigenvalue weighted by Crippen LogP contribution is -2.16. The number of pyridine rings is 2. The summed E-state index contributed by atoms with van der Waals surface area (Å²) in [5.41, 5.74) is 2.06. The number of carbonyl (C=O) groups is 1. The number of hydrogen-bond donors (Lipinski definition) is 3. The van der Waals surface area contributed by atoms with Crippen LogP contribution in [0.3, 0.4) is 0 Å². The fraction of sp³-hybridized carbons (Fsp3) is 0.296. The molecule has 9 heteroatoms. The predicted molar refractivity (Wildman–Crippen MR) is 134 cm³/mol. The third-order valence-corrected chi connectivity index (χ3v) is 5.70. The van der Waals surface area contributed by atoms with Crippen molar-refractivity contribution in [1.82, 2.24) is 15.3 Å². The molecule has 0 aliphatic rings. The number of benzene rings is 2. The first-order valence-corrected chi connectivity index (χ1v) is 11.8. The quantitative estimate of drug-likeness (QED) is 0.189. The topological polar surface area (TPSA) is 114 Å². The van der Waals surface area contributed by atoms with Crippen LogP contribution in [0.2, 0.25) is 0 Å². The van der Waals surface area contributed by atoms with Crippen molar-refractivity contribution >= 4 is 27.6 Å². The van der Waals surface area contributed by atoms with Gasteiger partial charge in [0.15, 0.2) is 0 Å². The first kappa shape index (κ1) is 25.4. The molecule has 0 fully saturated rings. The van der Waals surface area contributed by atoms with Gasteiger partial charge in [0.05, 0.1) is 24.3 Å². The second kappa shape index (κ2) is 12.3. The standard InChI is InChI=1S/C27H28FN3O5/c28-21-12-18(11-19(13-21)17-32)15-29-6-1-2-8-35-9-10-36-26-23-5-7-30-16-24(23)22-4-3-20(27(33)34)14-25(22)31-26/h3-5,7,11-14,16,29,32H,1-2,6,8-10,15,17H2,(H,33,34). The van der Waals surface area contributed by atoms with E-state index in [9.17, 15) is 14.3 Å². The maximum atomic E-state index is 13.5. The van der Waals surface area contributed by atoms with Crippen molar-refractivity contribution in [3.63, 3.8) is 0 Å². The lowest BCUT2D eigenvalue weighted by Gasteiger charge is -2.11.